The van der Waals surface area contributed by atoms with Gasteiger partial charge in [0.05, 0.1) is 0 Å². The zero-order chi connectivity index (χ0) is 14.6. The first-order chi connectivity index (χ1) is 9.51. The predicted octanol–water partition coefficient (Wildman–Crippen LogP) is 0.782. The Labute approximate surface area is 119 Å². The van der Waals surface area contributed by atoms with E-state index < -0.39 is 10.0 Å². The van der Waals surface area contributed by atoms with Gasteiger partial charge in [-0.3, -0.25) is 0 Å². The van der Waals surface area contributed by atoms with Gasteiger partial charge in [0.15, 0.2) is 0 Å². The minimum absolute atomic E-state index is 0.144. The lowest BCUT2D eigenvalue weighted by Gasteiger charge is -2.20. The van der Waals surface area contributed by atoms with Crippen LogP contribution in [-0.2, 0) is 16.6 Å². The predicted molar refractivity (Wildman–Crippen MR) is 74.7 cm³/mol. The molecule has 0 aliphatic carbocycles. The summed E-state index contributed by atoms with van der Waals surface area (Å²) in [6.45, 7) is 5.23. The van der Waals surface area contributed by atoms with Crippen molar-refractivity contribution >= 4 is 10.0 Å². The smallest absolute Gasteiger partial charge is 0.273 e. The molecule has 2 rings (SSSR count). The lowest BCUT2D eigenvalue weighted by atomic mass is 10.2. The molecule has 6 nitrogen and oxygen atoms in total. The van der Waals surface area contributed by atoms with Gasteiger partial charge >= 0.3 is 0 Å². The Morgan fingerprint density at radius 3 is 2.70 bits per heavy atom. The molecular formula is C13H22N2O4S. The molecule has 0 spiro atoms. The van der Waals surface area contributed by atoms with E-state index in [0.717, 1.165) is 19.6 Å². The first-order valence-corrected chi connectivity index (χ1v) is 8.41. The fourth-order valence-electron chi connectivity index (χ4n) is 2.38. The summed E-state index contributed by atoms with van der Waals surface area (Å²) in [5, 5.41) is 8.74. The van der Waals surface area contributed by atoms with Crippen LogP contribution in [0, 0.1) is 5.92 Å². The molecular weight excluding hydrogens is 280 g/mol. The van der Waals surface area contributed by atoms with Gasteiger partial charge in [-0.05, 0) is 44.0 Å². The fourth-order valence-corrected chi connectivity index (χ4v) is 3.49. The van der Waals surface area contributed by atoms with Crippen molar-refractivity contribution in [2.45, 2.75) is 31.5 Å². The molecule has 1 aliphatic rings. The minimum atomic E-state index is -3.62. The van der Waals surface area contributed by atoms with Crippen molar-refractivity contribution < 1.29 is 17.9 Å². The number of aliphatic hydroxyl groups excluding tert-OH is 1. The highest BCUT2D eigenvalue weighted by Gasteiger charge is 2.21. The molecule has 20 heavy (non-hydrogen) atoms. The molecule has 1 aliphatic heterocycles. The Hall–Kier alpha value is -0.890. The van der Waals surface area contributed by atoms with E-state index in [0.29, 0.717) is 6.54 Å². The number of aliphatic hydroxyl groups is 1. The van der Waals surface area contributed by atoms with Crippen LogP contribution in [0.1, 0.15) is 25.5 Å². The van der Waals surface area contributed by atoms with Gasteiger partial charge in [0.2, 0.25) is 5.09 Å². The Balaban J connectivity index is 1.85. The number of hydrogen-bond donors (Lipinski definition) is 2. The van der Waals surface area contributed by atoms with Crippen LogP contribution in [0.2, 0.25) is 0 Å². The zero-order valence-corrected chi connectivity index (χ0v) is 12.5. The van der Waals surface area contributed by atoms with Crippen LogP contribution in [0.4, 0.5) is 0 Å². The van der Waals surface area contributed by atoms with E-state index in [2.05, 4.69) is 9.62 Å². The van der Waals surface area contributed by atoms with E-state index in [1.54, 1.807) is 0 Å². The second-order valence-electron chi connectivity index (χ2n) is 5.34. The number of rotatable bonds is 7. The molecule has 1 atom stereocenters. The topological polar surface area (TPSA) is 82.8 Å². The first kappa shape index (κ1) is 15.5. The summed E-state index contributed by atoms with van der Waals surface area (Å²) in [6.07, 6.45) is 2.46. The summed E-state index contributed by atoms with van der Waals surface area (Å²) in [4.78, 5) is 2.36. The maximum absolute atomic E-state index is 12.0. The van der Waals surface area contributed by atoms with Gasteiger partial charge in [0.25, 0.3) is 10.0 Å². The highest BCUT2D eigenvalue weighted by atomic mass is 32.2. The molecule has 0 bridgehead atoms. The largest absolute Gasteiger partial charge is 0.446 e. The van der Waals surface area contributed by atoms with Gasteiger partial charge in [-0.25, -0.2) is 13.1 Å². The van der Waals surface area contributed by atoms with Crippen LogP contribution in [0.3, 0.4) is 0 Å². The molecule has 0 saturated carbocycles. The molecule has 1 aromatic heterocycles. The average molecular weight is 302 g/mol. The van der Waals surface area contributed by atoms with Crippen LogP contribution in [-0.4, -0.2) is 44.6 Å². The van der Waals surface area contributed by atoms with Crippen molar-refractivity contribution in [1.29, 1.82) is 0 Å². The highest BCUT2D eigenvalue weighted by Crippen LogP contribution is 2.14. The maximum Gasteiger partial charge on any atom is 0.273 e. The normalized spacial score (nSPS) is 18.5. The third kappa shape index (κ3) is 4.05. The monoisotopic (exact) mass is 302 g/mol. The summed E-state index contributed by atoms with van der Waals surface area (Å²) in [6, 6.07) is 2.82. The van der Waals surface area contributed by atoms with Gasteiger partial charge in [-0.15, -0.1) is 0 Å². The van der Waals surface area contributed by atoms with E-state index in [9.17, 15) is 8.42 Å². The van der Waals surface area contributed by atoms with E-state index in [-0.39, 0.29) is 23.4 Å². The molecule has 1 fully saturated rings. The standard InChI is InChI=1S/C13H22N2O4S/c1-11(9-15-6-2-3-7-15)8-14-20(17,18)13-5-4-12(10-16)19-13/h4-5,11,14,16H,2-3,6-10H2,1H3. The number of nitrogens with one attached hydrogen (secondary N) is 1. The first-order valence-electron chi connectivity index (χ1n) is 6.93. The molecule has 0 aromatic carbocycles. The van der Waals surface area contributed by atoms with Gasteiger partial charge in [0.1, 0.15) is 12.4 Å². The van der Waals surface area contributed by atoms with Gasteiger partial charge in [-0.2, -0.15) is 0 Å². The van der Waals surface area contributed by atoms with Gasteiger partial charge in [-0.1, -0.05) is 6.92 Å². The van der Waals surface area contributed by atoms with Crippen molar-refractivity contribution in [2.24, 2.45) is 5.92 Å². The highest BCUT2D eigenvalue weighted by molar-refractivity contribution is 7.89. The maximum atomic E-state index is 12.0. The van der Waals surface area contributed by atoms with Crippen LogP contribution in [0.15, 0.2) is 21.6 Å². The fraction of sp³-hybridized carbons (Fsp3) is 0.692. The molecule has 2 heterocycles. The third-order valence-electron chi connectivity index (χ3n) is 3.45. The lowest BCUT2D eigenvalue weighted by molar-refractivity contribution is 0.236. The number of nitrogens with zero attached hydrogens (tertiary/aromatic N) is 1. The summed E-state index contributed by atoms with van der Waals surface area (Å²) >= 11 is 0. The van der Waals surface area contributed by atoms with Crippen LogP contribution < -0.4 is 4.72 Å². The van der Waals surface area contributed by atoms with E-state index in [4.69, 9.17) is 9.52 Å². The molecule has 0 amide bonds. The third-order valence-corrected chi connectivity index (χ3v) is 4.74. The number of likely N-dealkylation sites (tertiary alicyclic amines) is 1. The van der Waals surface area contributed by atoms with Crippen molar-refractivity contribution in [2.75, 3.05) is 26.2 Å². The van der Waals surface area contributed by atoms with Crippen molar-refractivity contribution in [1.82, 2.24) is 9.62 Å². The number of sulfonamides is 1. The molecule has 7 heteroatoms. The molecule has 1 unspecified atom stereocenters. The molecule has 1 aromatic rings. The van der Waals surface area contributed by atoms with Crippen molar-refractivity contribution in [3.63, 3.8) is 0 Å². The van der Waals surface area contributed by atoms with Crippen LogP contribution in [0.25, 0.3) is 0 Å². The van der Waals surface area contributed by atoms with E-state index in [1.165, 1.54) is 25.0 Å². The van der Waals surface area contributed by atoms with Crippen molar-refractivity contribution in [3.05, 3.63) is 17.9 Å². The lowest BCUT2D eigenvalue weighted by Crippen LogP contribution is -2.34. The second-order valence-corrected chi connectivity index (χ2v) is 7.04. The summed E-state index contributed by atoms with van der Waals surface area (Å²) in [5.74, 6) is 0.491. The zero-order valence-electron chi connectivity index (χ0n) is 11.7. The van der Waals surface area contributed by atoms with E-state index in [1.807, 2.05) is 6.92 Å². The second kappa shape index (κ2) is 6.71. The minimum Gasteiger partial charge on any atom is -0.446 e. The Morgan fingerprint density at radius 1 is 1.40 bits per heavy atom. The number of hydrogen-bond acceptors (Lipinski definition) is 5. The summed E-state index contributed by atoms with van der Waals surface area (Å²) in [5.41, 5.74) is 0. The van der Waals surface area contributed by atoms with Crippen LogP contribution >= 0.6 is 0 Å². The Morgan fingerprint density at radius 2 is 2.10 bits per heavy atom. The summed E-state index contributed by atoms with van der Waals surface area (Å²) in [7, 11) is -3.62. The van der Waals surface area contributed by atoms with Gasteiger partial charge < -0.3 is 14.4 Å². The Kier molecular flexibility index (Phi) is 5.20. The van der Waals surface area contributed by atoms with E-state index >= 15 is 0 Å². The quantitative estimate of drug-likeness (QED) is 0.778. The van der Waals surface area contributed by atoms with Gasteiger partial charge in [0, 0.05) is 13.1 Å². The molecule has 0 radical (unpaired) electrons. The number of furan rings is 1. The van der Waals surface area contributed by atoms with Crippen molar-refractivity contribution in [3.8, 4) is 0 Å². The Bertz CT molecular complexity index is 520. The molecule has 2 N–H and O–H groups in total. The summed E-state index contributed by atoms with van der Waals surface area (Å²) < 4.78 is 31.6. The molecule has 1 saturated heterocycles. The van der Waals surface area contributed by atoms with Crippen LogP contribution in [0.5, 0.6) is 0 Å². The SMILES string of the molecule is CC(CNS(=O)(=O)c1ccc(CO)o1)CN1CCCC1. The molecule has 114 valence electrons. The average Bonchev–Trinajstić information content (AvgIpc) is 3.07.